The summed E-state index contributed by atoms with van der Waals surface area (Å²) in [5, 5.41) is 19.1. The van der Waals surface area contributed by atoms with Crippen LogP contribution in [0.2, 0.25) is 0 Å². The minimum Gasteiger partial charge on any atom is -0.427 e. The van der Waals surface area contributed by atoms with Gasteiger partial charge in [-0.25, -0.2) is 0 Å². The Balaban J connectivity index is 1.53. The van der Waals surface area contributed by atoms with Crippen molar-refractivity contribution in [3.8, 4) is 0 Å². The highest BCUT2D eigenvalue weighted by molar-refractivity contribution is 6.47. The second kappa shape index (κ2) is 9.19. The third kappa shape index (κ3) is 4.22. The normalized spacial score (nSPS) is 15.5. The molecule has 0 bridgehead atoms. The lowest BCUT2D eigenvalue weighted by atomic mass is 9.81. The van der Waals surface area contributed by atoms with E-state index in [1.165, 1.54) is 27.4 Å². The Labute approximate surface area is 225 Å². The maximum atomic E-state index is 10.5. The lowest BCUT2D eigenvalue weighted by Crippen LogP contribution is -2.49. The Morgan fingerprint density at radius 3 is 2.13 bits per heavy atom. The minimum atomic E-state index is -0.984. The lowest BCUT2D eigenvalue weighted by Gasteiger charge is -2.37. The van der Waals surface area contributed by atoms with Crippen LogP contribution in [0.25, 0.3) is 21.5 Å². The van der Waals surface area contributed by atoms with Crippen LogP contribution in [0.3, 0.4) is 0 Å². The summed E-state index contributed by atoms with van der Waals surface area (Å²) in [5.74, 6) is 0. The topological polar surface area (TPSA) is 44.7 Å². The predicted molar refractivity (Wildman–Crippen MR) is 160 cm³/mol. The Bertz CT molecular complexity index is 1610. The summed E-state index contributed by atoms with van der Waals surface area (Å²) in [5.41, 5.74) is 3.85. The fourth-order valence-electron chi connectivity index (χ4n) is 5.02. The number of fused-ring (bicyclic) bond motifs is 5. The molecule has 0 saturated carbocycles. The first kappa shape index (κ1) is 24.5. The third-order valence-electron chi connectivity index (χ3n) is 7.90. The SMILES string of the molecule is CC(C)(O)C(C)(C)O[B]c1ccc2ccc3ccc4c(c3c2c1)N(c1ccccc1)C(c1ccccc1)N4. The number of aliphatic hydroxyl groups is 1. The van der Waals surface area contributed by atoms with Gasteiger partial charge in [-0.3, -0.25) is 0 Å². The molecule has 6 rings (SSSR count). The van der Waals surface area contributed by atoms with E-state index in [4.69, 9.17) is 4.65 Å². The van der Waals surface area contributed by atoms with E-state index in [0.717, 1.165) is 22.2 Å². The van der Waals surface area contributed by atoms with Gasteiger partial charge in [-0.2, -0.15) is 0 Å². The highest BCUT2D eigenvalue weighted by Crippen LogP contribution is 2.50. The summed E-state index contributed by atoms with van der Waals surface area (Å²) in [6, 6.07) is 36.3. The zero-order valence-electron chi connectivity index (χ0n) is 22.3. The molecule has 0 spiro atoms. The molecule has 0 saturated heterocycles. The Kier molecular flexibility index (Phi) is 5.94. The van der Waals surface area contributed by atoms with Crippen LogP contribution in [-0.4, -0.2) is 23.8 Å². The quantitative estimate of drug-likeness (QED) is 0.194. The molecule has 189 valence electrons. The smallest absolute Gasteiger partial charge is 0.330 e. The number of nitrogens with zero attached hydrogens (tertiary/aromatic N) is 1. The van der Waals surface area contributed by atoms with Crippen molar-refractivity contribution in [1.82, 2.24) is 0 Å². The van der Waals surface area contributed by atoms with E-state index in [1.807, 2.05) is 13.8 Å². The van der Waals surface area contributed by atoms with Crippen LogP contribution in [0, 0.1) is 0 Å². The third-order valence-corrected chi connectivity index (χ3v) is 7.90. The molecule has 5 aromatic rings. The van der Waals surface area contributed by atoms with E-state index >= 15 is 0 Å². The van der Waals surface area contributed by atoms with Crippen molar-refractivity contribution < 1.29 is 9.76 Å². The molecule has 1 unspecified atom stereocenters. The van der Waals surface area contributed by atoms with Crippen molar-refractivity contribution in [3.05, 3.63) is 109 Å². The predicted octanol–water partition coefficient (Wildman–Crippen LogP) is 7.07. The van der Waals surface area contributed by atoms with Crippen molar-refractivity contribution in [3.63, 3.8) is 0 Å². The van der Waals surface area contributed by atoms with Gasteiger partial charge in [0.2, 0.25) is 0 Å². The Morgan fingerprint density at radius 2 is 1.42 bits per heavy atom. The highest BCUT2D eigenvalue weighted by Gasteiger charge is 2.36. The molecule has 38 heavy (non-hydrogen) atoms. The average molecular weight is 499 g/mol. The van der Waals surface area contributed by atoms with Gasteiger partial charge in [0.05, 0.1) is 22.6 Å². The van der Waals surface area contributed by atoms with E-state index in [0.29, 0.717) is 0 Å². The van der Waals surface area contributed by atoms with Crippen molar-refractivity contribution in [1.29, 1.82) is 0 Å². The molecular formula is C33H32BN2O2. The van der Waals surface area contributed by atoms with Gasteiger partial charge in [-0.05, 0) is 67.6 Å². The Hall–Kier alpha value is -3.80. The second-order valence-corrected chi connectivity index (χ2v) is 11.1. The zero-order chi connectivity index (χ0) is 26.5. The van der Waals surface area contributed by atoms with Crippen LogP contribution in [-0.2, 0) is 4.65 Å². The zero-order valence-corrected chi connectivity index (χ0v) is 22.3. The van der Waals surface area contributed by atoms with E-state index in [-0.39, 0.29) is 6.17 Å². The second-order valence-electron chi connectivity index (χ2n) is 11.1. The van der Waals surface area contributed by atoms with E-state index in [1.54, 1.807) is 21.3 Å². The molecule has 1 heterocycles. The van der Waals surface area contributed by atoms with Gasteiger partial charge in [-0.1, -0.05) is 90.4 Å². The largest absolute Gasteiger partial charge is 0.427 e. The molecule has 1 atom stereocenters. The molecule has 5 aromatic carbocycles. The maximum Gasteiger partial charge on any atom is 0.330 e. The number of nitrogens with one attached hydrogen (secondary N) is 1. The minimum absolute atomic E-state index is 0.0277. The molecule has 1 radical (unpaired) electrons. The highest BCUT2D eigenvalue weighted by atomic mass is 16.5. The number of benzene rings is 5. The van der Waals surface area contributed by atoms with Crippen molar-refractivity contribution in [2.24, 2.45) is 0 Å². The fraction of sp³-hybridized carbons (Fsp3) is 0.212. The molecular weight excluding hydrogens is 467 g/mol. The van der Waals surface area contributed by atoms with Gasteiger partial charge >= 0.3 is 7.48 Å². The Morgan fingerprint density at radius 1 is 0.789 bits per heavy atom. The van der Waals surface area contributed by atoms with Crippen LogP contribution in [0.4, 0.5) is 17.1 Å². The van der Waals surface area contributed by atoms with Crippen molar-refractivity contribution in [2.75, 3.05) is 10.2 Å². The van der Waals surface area contributed by atoms with Gasteiger partial charge in [0, 0.05) is 11.1 Å². The monoisotopic (exact) mass is 499 g/mol. The average Bonchev–Trinajstić information content (AvgIpc) is 3.32. The van der Waals surface area contributed by atoms with Gasteiger partial charge in [0.15, 0.2) is 0 Å². The van der Waals surface area contributed by atoms with Crippen LogP contribution < -0.4 is 15.7 Å². The van der Waals surface area contributed by atoms with Crippen LogP contribution >= 0.6 is 0 Å². The molecule has 4 nitrogen and oxygen atoms in total. The molecule has 0 fully saturated rings. The van der Waals surface area contributed by atoms with Gasteiger partial charge in [-0.15, -0.1) is 0 Å². The molecule has 0 amide bonds. The summed E-state index contributed by atoms with van der Waals surface area (Å²) in [6.07, 6.45) is -0.0277. The standard InChI is InChI=1S/C33H32BN2O2/c1-32(2,37)33(3,4)38-34-25-19-17-22-15-16-23-18-20-28-30(29(23)27(22)21-25)36(26-13-9-6-10-14-26)31(35-28)24-11-7-5-8-12-24/h5-21,31,35,37H,1-4H3. The first-order valence-corrected chi connectivity index (χ1v) is 13.1. The van der Waals surface area contributed by atoms with Crippen molar-refractivity contribution in [2.45, 2.75) is 45.1 Å². The summed E-state index contributed by atoms with van der Waals surface area (Å²) in [4.78, 5) is 2.41. The number of hydrogen-bond acceptors (Lipinski definition) is 4. The van der Waals surface area contributed by atoms with Gasteiger partial charge in [0.1, 0.15) is 6.17 Å². The van der Waals surface area contributed by atoms with Crippen LogP contribution in [0.5, 0.6) is 0 Å². The summed E-state index contributed by atoms with van der Waals surface area (Å²) in [7, 11) is 1.76. The number of rotatable bonds is 6. The van der Waals surface area contributed by atoms with Crippen LogP contribution in [0.15, 0.2) is 103 Å². The molecule has 2 N–H and O–H groups in total. The van der Waals surface area contributed by atoms with E-state index in [2.05, 4.69) is 113 Å². The first-order chi connectivity index (χ1) is 18.2. The summed E-state index contributed by atoms with van der Waals surface area (Å²) in [6.45, 7) is 7.35. The number of para-hydroxylation sites is 1. The van der Waals surface area contributed by atoms with E-state index < -0.39 is 11.2 Å². The lowest BCUT2D eigenvalue weighted by molar-refractivity contribution is -0.0893. The summed E-state index contributed by atoms with van der Waals surface area (Å²) >= 11 is 0. The molecule has 0 aromatic heterocycles. The van der Waals surface area contributed by atoms with Gasteiger partial charge < -0.3 is 20.0 Å². The number of hydrogen-bond donors (Lipinski definition) is 2. The summed E-state index contributed by atoms with van der Waals surface area (Å²) < 4.78 is 6.10. The fourth-order valence-corrected chi connectivity index (χ4v) is 5.02. The molecule has 0 aliphatic carbocycles. The van der Waals surface area contributed by atoms with E-state index in [9.17, 15) is 5.11 Å². The number of anilines is 3. The first-order valence-electron chi connectivity index (χ1n) is 13.1. The molecule has 5 heteroatoms. The van der Waals surface area contributed by atoms with Crippen molar-refractivity contribution >= 4 is 51.6 Å². The maximum absolute atomic E-state index is 10.5. The van der Waals surface area contributed by atoms with Crippen LogP contribution in [0.1, 0.15) is 39.4 Å². The molecule has 1 aliphatic rings. The van der Waals surface area contributed by atoms with Gasteiger partial charge in [0.25, 0.3) is 0 Å². The molecule has 1 aliphatic heterocycles.